The molecule has 1 aliphatic heterocycles. The van der Waals surface area contributed by atoms with Crippen molar-refractivity contribution < 1.29 is 8.42 Å². The van der Waals surface area contributed by atoms with Crippen LogP contribution in [0.15, 0.2) is 39.6 Å². The van der Waals surface area contributed by atoms with Crippen LogP contribution >= 0.6 is 0 Å². The molecule has 0 aromatic heterocycles. The number of nitrogens with one attached hydrogen (secondary N) is 1. The lowest BCUT2D eigenvalue weighted by Gasteiger charge is -2.34. The summed E-state index contributed by atoms with van der Waals surface area (Å²) >= 11 is 0. The zero-order chi connectivity index (χ0) is 19.9. The summed E-state index contributed by atoms with van der Waals surface area (Å²) in [5.41, 5.74) is 6.97. The molecule has 3 rings (SSSR count). The summed E-state index contributed by atoms with van der Waals surface area (Å²) in [6.07, 6.45) is 3.33. The van der Waals surface area contributed by atoms with E-state index in [0.717, 1.165) is 53.0 Å². The molecule has 5 heteroatoms. The zero-order valence-electron chi connectivity index (χ0n) is 17.4. The lowest BCUT2D eigenvalue weighted by Crippen LogP contribution is -2.33. The van der Waals surface area contributed by atoms with Crippen LogP contribution < -0.4 is 4.72 Å². The highest BCUT2D eigenvalue weighted by molar-refractivity contribution is 7.89. The summed E-state index contributed by atoms with van der Waals surface area (Å²) < 4.78 is 29.5. The van der Waals surface area contributed by atoms with Crippen LogP contribution in [0.5, 0.6) is 0 Å². The summed E-state index contributed by atoms with van der Waals surface area (Å²) in [6.45, 7) is 14.3. The Hall–Kier alpha value is -1.75. The number of nitrogens with zero attached hydrogens (tertiary/aromatic N) is 1. The maximum atomic E-state index is 13.3. The van der Waals surface area contributed by atoms with Crippen molar-refractivity contribution in [2.24, 2.45) is 5.92 Å². The van der Waals surface area contributed by atoms with E-state index >= 15 is 0 Å². The minimum absolute atomic E-state index is 0.405. The molecule has 1 aromatic carbocycles. The van der Waals surface area contributed by atoms with Crippen molar-refractivity contribution in [3.05, 3.63) is 51.4 Å². The number of allylic oxidation sites excluding steroid dienone is 3. The van der Waals surface area contributed by atoms with E-state index in [2.05, 4.69) is 23.5 Å². The van der Waals surface area contributed by atoms with Gasteiger partial charge in [-0.3, -0.25) is 4.72 Å². The van der Waals surface area contributed by atoms with E-state index < -0.39 is 10.0 Å². The molecule has 1 fully saturated rings. The van der Waals surface area contributed by atoms with Crippen molar-refractivity contribution in [2.75, 3.05) is 13.1 Å². The second kappa shape index (κ2) is 7.34. The number of sulfonamides is 1. The van der Waals surface area contributed by atoms with Crippen LogP contribution in [-0.2, 0) is 10.0 Å². The summed E-state index contributed by atoms with van der Waals surface area (Å²) in [5.74, 6) is 0.430. The molecule has 1 N–H and O–H groups in total. The molecule has 2 aliphatic rings. The first-order chi connectivity index (χ1) is 12.6. The van der Waals surface area contributed by atoms with E-state index in [1.54, 1.807) is 0 Å². The lowest BCUT2D eigenvalue weighted by atomic mass is 9.86. The number of aryl methyl sites for hydroxylation is 3. The third-order valence-electron chi connectivity index (χ3n) is 5.82. The molecular weight excluding hydrogens is 356 g/mol. The zero-order valence-corrected chi connectivity index (χ0v) is 18.3. The van der Waals surface area contributed by atoms with Crippen LogP contribution in [0.25, 0.3) is 0 Å². The Balaban J connectivity index is 2.02. The summed E-state index contributed by atoms with van der Waals surface area (Å²) in [4.78, 5) is 2.85. The van der Waals surface area contributed by atoms with Crippen molar-refractivity contribution in [1.82, 2.24) is 9.62 Å². The highest BCUT2D eigenvalue weighted by Crippen LogP contribution is 2.37. The fourth-order valence-corrected chi connectivity index (χ4v) is 6.59. The Morgan fingerprint density at radius 1 is 1.00 bits per heavy atom. The van der Waals surface area contributed by atoms with Crippen LogP contribution in [0.3, 0.4) is 0 Å². The number of benzene rings is 1. The van der Waals surface area contributed by atoms with Gasteiger partial charge in [-0.05, 0) is 76.2 Å². The molecule has 0 saturated carbocycles. The lowest BCUT2D eigenvalue weighted by molar-refractivity contribution is 0.359. The van der Waals surface area contributed by atoms with E-state index in [4.69, 9.17) is 0 Å². The van der Waals surface area contributed by atoms with Gasteiger partial charge in [-0.1, -0.05) is 24.6 Å². The number of likely N-dealkylation sites (tertiary alicyclic amines) is 1. The van der Waals surface area contributed by atoms with Crippen LogP contribution in [0.4, 0.5) is 0 Å². The maximum absolute atomic E-state index is 13.3. The van der Waals surface area contributed by atoms with Crippen LogP contribution in [0.2, 0.25) is 0 Å². The van der Waals surface area contributed by atoms with Crippen molar-refractivity contribution in [3.8, 4) is 0 Å². The minimum Gasteiger partial charge on any atom is -0.374 e. The summed E-state index contributed by atoms with van der Waals surface area (Å²) in [5, 5.41) is 0. The molecule has 148 valence electrons. The molecule has 0 bridgehead atoms. The number of rotatable bonds is 4. The van der Waals surface area contributed by atoms with Gasteiger partial charge in [0.2, 0.25) is 0 Å². The third kappa shape index (κ3) is 3.79. The second-order valence-electron chi connectivity index (χ2n) is 8.30. The summed E-state index contributed by atoms with van der Waals surface area (Å²) in [6, 6.07) is 3.87. The van der Waals surface area contributed by atoms with E-state index in [-0.39, 0.29) is 0 Å². The Morgan fingerprint density at radius 3 is 2.11 bits per heavy atom. The summed E-state index contributed by atoms with van der Waals surface area (Å²) in [7, 11) is -3.63. The fraction of sp³-hybridized carbons (Fsp3) is 0.545. The molecule has 1 aliphatic carbocycles. The van der Waals surface area contributed by atoms with Crippen molar-refractivity contribution in [2.45, 2.75) is 65.7 Å². The first kappa shape index (κ1) is 20.0. The smallest absolute Gasteiger partial charge is 0.262 e. The Labute approximate surface area is 164 Å². The molecule has 1 saturated heterocycles. The van der Waals surface area contributed by atoms with Gasteiger partial charge >= 0.3 is 0 Å². The van der Waals surface area contributed by atoms with Crippen LogP contribution in [0, 0.1) is 26.7 Å². The van der Waals surface area contributed by atoms with Gasteiger partial charge in [-0.15, -0.1) is 0 Å². The maximum Gasteiger partial charge on any atom is 0.262 e. The predicted molar refractivity (Wildman–Crippen MR) is 111 cm³/mol. The normalized spacial score (nSPS) is 21.3. The first-order valence-corrected chi connectivity index (χ1v) is 11.4. The third-order valence-corrected chi connectivity index (χ3v) is 7.48. The molecular formula is C22H32N2O2S. The molecule has 0 amide bonds. The van der Waals surface area contributed by atoms with Gasteiger partial charge in [0.25, 0.3) is 10.0 Å². The quantitative estimate of drug-likeness (QED) is 0.822. The molecule has 1 aromatic rings. The van der Waals surface area contributed by atoms with Crippen LogP contribution in [-0.4, -0.2) is 26.4 Å². The van der Waals surface area contributed by atoms with E-state index in [0.29, 0.717) is 10.8 Å². The van der Waals surface area contributed by atoms with Gasteiger partial charge < -0.3 is 4.90 Å². The highest BCUT2D eigenvalue weighted by atomic mass is 32.2. The minimum atomic E-state index is -3.63. The van der Waals surface area contributed by atoms with Gasteiger partial charge in [0.05, 0.1) is 10.6 Å². The van der Waals surface area contributed by atoms with Crippen LogP contribution in [0.1, 0.15) is 56.7 Å². The second-order valence-corrected chi connectivity index (χ2v) is 9.92. The SMILES string of the molecule is CC1=C(NS(=O)(=O)c2c(C)cc(C)cc2C)C(C)=C(N2CCCC2)C(C)C1. The predicted octanol–water partition coefficient (Wildman–Crippen LogP) is 4.57. The van der Waals surface area contributed by atoms with Gasteiger partial charge in [0.1, 0.15) is 0 Å². The average Bonchev–Trinajstić information content (AvgIpc) is 3.04. The van der Waals surface area contributed by atoms with Gasteiger partial charge in [0, 0.05) is 24.7 Å². The van der Waals surface area contributed by atoms with E-state index in [9.17, 15) is 8.42 Å². The van der Waals surface area contributed by atoms with Gasteiger partial charge in [-0.2, -0.15) is 0 Å². The number of hydrogen-bond donors (Lipinski definition) is 1. The van der Waals surface area contributed by atoms with Crippen molar-refractivity contribution in [3.63, 3.8) is 0 Å². The monoisotopic (exact) mass is 388 g/mol. The number of hydrogen-bond acceptors (Lipinski definition) is 3. The molecule has 27 heavy (non-hydrogen) atoms. The highest BCUT2D eigenvalue weighted by Gasteiger charge is 2.30. The molecule has 1 heterocycles. The largest absolute Gasteiger partial charge is 0.374 e. The molecule has 4 nitrogen and oxygen atoms in total. The van der Waals surface area contributed by atoms with E-state index in [1.807, 2.05) is 39.8 Å². The standard InChI is InChI=1S/C22H32N2O2S/c1-14-11-17(4)22(18(5)12-14)27(25,26)23-20-15(2)13-16(3)21(19(20)6)24-9-7-8-10-24/h11-12,16,23H,7-10,13H2,1-6H3. The van der Waals surface area contributed by atoms with Crippen molar-refractivity contribution >= 4 is 10.0 Å². The Morgan fingerprint density at radius 2 is 1.56 bits per heavy atom. The molecule has 0 spiro atoms. The Kier molecular flexibility index (Phi) is 5.44. The van der Waals surface area contributed by atoms with Crippen molar-refractivity contribution in [1.29, 1.82) is 0 Å². The molecule has 0 radical (unpaired) electrons. The fourth-order valence-electron chi connectivity index (χ4n) is 4.92. The first-order valence-electron chi connectivity index (χ1n) is 9.88. The Bertz CT molecular complexity index is 897. The van der Waals surface area contributed by atoms with E-state index in [1.165, 1.54) is 18.5 Å². The molecule has 1 unspecified atom stereocenters. The van der Waals surface area contributed by atoms with Gasteiger partial charge in [-0.25, -0.2) is 8.42 Å². The van der Waals surface area contributed by atoms with Gasteiger partial charge in [0.15, 0.2) is 0 Å². The average molecular weight is 389 g/mol. The topological polar surface area (TPSA) is 49.4 Å². The molecule has 1 atom stereocenters.